The summed E-state index contributed by atoms with van der Waals surface area (Å²) in [7, 11) is 0. The molecule has 0 unspecified atom stereocenters. The molecular weight excluding hydrogens is 351 g/mol. The molecule has 3 rings (SSSR count). The van der Waals surface area contributed by atoms with E-state index in [4.69, 9.17) is 13.9 Å². The highest BCUT2D eigenvalue weighted by Crippen LogP contribution is 2.11. The lowest BCUT2D eigenvalue weighted by Crippen LogP contribution is -2.11. The first-order valence-corrected chi connectivity index (χ1v) is 8.28. The first-order chi connectivity index (χ1) is 13.1. The minimum absolute atomic E-state index is 0.00276. The van der Waals surface area contributed by atoms with Crippen molar-refractivity contribution in [1.82, 2.24) is 0 Å². The fourth-order valence-corrected chi connectivity index (χ4v) is 2.33. The third-order valence-corrected chi connectivity index (χ3v) is 3.73. The molecule has 0 atom stereocenters. The number of ether oxygens (including phenoxy) is 2. The minimum Gasteiger partial charge on any atom is -0.482 e. The number of carbonyl (C=O) groups excluding carboxylic acids is 1. The molecule has 5 nitrogen and oxygen atoms in total. The Bertz CT molecular complexity index is 948. The van der Waals surface area contributed by atoms with Gasteiger partial charge in [0, 0.05) is 6.07 Å². The average Bonchev–Trinajstić information content (AvgIpc) is 2.68. The SMILES string of the molecule is O=C(Cc1ccc(F)cc1)OCc1cc(=O)c(OCc2ccccc2)co1. The van der Waals surface area contributed by atoms with Crippen LogP contribution < -0.4 is 10.2 Å². The molecule has 0 N–H and O–H groups in total. The van der Waals surface area contributed by atoms with Crippen molar-refractivity contribution >= 4 is 5.97 Å². The zero-order valence-corrected chi connectivity index (χ0v) is 14.4. The van der Waals surface area contributed by atoms with Gasteiger partial charge in [-0.2, -0.15) is 0 Å². The summed E-state index contributed by atoms with van der Waals surface area (Å²) in [6.45, 7) is 0.0752. The summed E-state index contributed by atoms with van der Waals surface area (Å²) in [6.07, 6.45) is 1.21. The molecular formula is C21H17FO5. The molecule has 0 saturated heterocycles. The third-order valence-electron chi connectivity index (χ3n) is 3.73. The lowest BCUT2D eigenvalue weighted by atomic mass is 10.1. The van der Waals surface area contributed by atoms with Crippen molar-refractivity contribution in [2.75, 3.05) is 0 Å². The Labute approximate surface area is 155 Å². The largest absolute Gasteiger partial charge is 0.482 e. The van der Waals surface area contributed by atoms with Crippen molar-refractivity contribution in [3.63, 3.8) is 0 Å². The molecule has 27 heavy (non-hydrogen) atoms. The summed E-state index contributed by atoms with van der Waals surface area (Å²) in [4.78, 5) is 23.9. The van der Waals surface area contributed by atoms with Crippen molar-refractivity contribution in [2.45, 2.75) is 19.6 Å². The number of hydrogen-bond acceptors (Lipinski definition) is 5. The molecule has 6 heteroatoms. The fourth-order valence-electron chi connectivity index (χ4n) is 2.33. The average molecular weight is 368 g/mol. The summed E-state index contributed by atoms with van der Waals surface area (Å²) in [5, 5.41) is 0. The molecule has 0 fully saturated rings. The zero-order valence-electron chi connectivity index (χ0n) is 14.4. The molecule has 1 heterocycles. The van der Waals surface area contributed by atoms with Gasteiger partial charge in [0.25, 0.3) is 0 Å². The molecule has 0 amide bonds. The zero-order chi connectivity index (χ0) is 19.1. The quantitative estimate of drug-likeness (QED) is 0.596. The molecule has 0 aliphatic heterocycles. The summed E-state index contributed by atoms with van der Waals surface area (Å²) in [5.41, 5.74) is 1.20. The predicted molar refractivity (Wildman–Crippen MR) is 95.7 cm³/mol. The number of carbonyl (C=O) groups is 1. The highest BCUT2D eigenvalue weighted by Gasteiger charge is 2.09. The van der Waals surface area contributed by atoms with Crippen LogP contribution in [0.2, 0.25) is 0 Å². The Hall–Kier alpha value is -3.41. The van der Waals surface area contributed by atoms with Crippen molar-refractivity contribution in [1.29, 1.82) is 0 Å². The van der Waals surface area contributed by atoms with E-state index in [0.29, 0.717) is 5.56 Å². The highest BCUT2D eigenvalue weighted by atomic mass is 19.1. The van der Waals surface area contributed by atoms with Gasteiger partial charge in [0.05, 0.1) is 6.42 Å². The van der Waals surface area contributed by atoms with Crippen LogP contribution in [-0.2, 0) is 29.2 Å². The van der Waals surface area contributed by atoms with Gasteiger partial charge < -0.3 is 13.9 Å². The Morgan fingerprint density at radius 1 is 0.963 bits per heavy atom. The monoisotopic (exact) mass is 368 g/mol. The second-order valence-corrected chi connectivity index (χ2v) is 5.81. The molecule has 3 aromatic rings. The van der Waals surface area contributed by atoms with Crippen LogP contribution in [-0.4, -0.2) is 5.97 Å². The summed E-state index contributed by atoms with van der Waals surface area (Å²) >= 11 is 0. The number of halogens is 1. The lowest BCUT2D eigenvalue weighted by molar-refractivity contribution is -0.144. The van der Waals surface area contributed by atoms with Crippen LogP contribution in [0.5, 0.6) is 5.75 Å². The van der Waals surface area contributed by atoms with Gasteiger partial charge in [-0.15, -0.1) is 0 Å². The number of esters is 1. The van der Waals surface area contributed by atoms with Crippen molar-refractivity contribution in [2.24, 2.45) is 0 Å². The Balaban J connectivity index is 1.52. The number of hydrogen-bond donors (Lipinski definition) is 0. The van der Waals surface area contributed by atoms with Crippen LogP contribution in [0.3, 0.4) is 0 Å². The highest BCUT2D eigenvalue weighted by molar-refractivity contribution is 5.72. The van der Waals surface area contributed by atoms with Crippen LogP contribution >= 0.6 is 0 Å². The van der Waals surface area contributed by atoms with Crippen LogP contribution in [0.25, 0.3) is 0 Å². The number of rotatable bonds is 7. The van der Waals surface area contributed by atoms with E-state index in [1.165, 1.54) is 36.6 Å². The maximum Gasteiger partial charge on any atom is 0.310 e. The second kappa shape index (κ2) is 8.80. The van der Waals surface area contributed by atoms with Crippen molar-refractivity contribution in [3.05, 3.63) is 99.9 Å². The number of benzene rings is 2. The molecule has 0 aliphatic rings. The molecule has 1 aromatic heterocycles. The molecule has 0 spiro atoms. The second-order valence-electron chi connectivity index (χ2n) is 5.81. The van der Waals surface area contributed by atoms with E-state index in [1.807, 2.05) is 30.3 Å². The Morgan fingerprint density at radius 3 is 2.41 bits per heavy atom. The van der Waals surface area contributed by atoms with Gasteiger partial charge in [-0.1, -0.05) is 42.5 Å². The molecule has 2 aromatic carbocycles. The normalized spacial score (nSPS) is 10.4. The van der Waals surface area contributed by atoms with E-state index in [2.05, 4.69) is 0 Å². The predicted octanol–water partition coefficient (Wildman–Crippen LogP) is 3.64. The maximum atomic E-state index is 12.8. The summed E-state index contributed by atoms with van der Waals surface area (Å²) in [5.74, 6) is -0.586. The van der Waals surface area contributed by atoms with Gasteiger partial charge in [0.15, 0.2) is 0 Å². The first kappa shape index (κ1) is 18.4. The fraction of sp³-hybridized carbons (Fsp3) is 0.143. The molecule has 0 bridgehead atoms. The van der Waals surface area contributed by atoms with Gasteiger partial charge in [-0.3, -0.25) is 9.59 Å². The first-order valence-electron chi connectivity index (χ1n) is 8.28. The van der Waals surface area contributed by atoms with Gasteiger partial charge in [0.2, 0.25) is 11.2 Å². The van der Waals surface area contributed by atoms with E-state index >= 15 is 0 Å². The van der Waals surface area contributed by atoms with Crippen molar-refractivity contribution < 1.29 is 23.1 Å². The van der Waals surface area contributed by atoms with E-state index in [-0.39, 0.29) is 42.4 Å². The Kier molecular flexibility index (Phi) is 5.99. The summed E-state index contributed by atoms with van der Waals surface area (Å²) < 4.78 is 28.7. The standard InChI is InChI=1S/C21H17FO5/c22-17-8-6-15(7-9-17)10-21(24)27-13-18-11-19(23)20(14-25-18)26-12-16-4-2-1-3-5-16/h1-9,11,14H,10,12-13H2. The molecule has 0 aliphatic carbocycles. The molecule has 0 saturated carbocycles. The van der Waals surface area contributed by atoms with Gasteiger partial charge in [0.1, 0.15) is 31.1 Å². The van der Waals surface area contributed by atoms with Crippen LogP contribution in [0.1, 0.15) is 16.9 Å². The van der Waals surface area contributed by atoms with E-state index in [0.717, 1.165) is 5.56 Å². The lowest BCUT2D eigenvalue weighted by Gasteiger charge is -2.07. The maximum absolute atomic E-state index is 12.8. The molecule has 0 radical (unpaired) electrons. The Morgan fingerprint density at radius 2 is 1.70 bits per heavy atom. The van der Waals surface area contributed by atoms with Gasteiger partial charge in [-0.05, 0) is 23.3 Å². The van der Waals surface area contributed by atoms with E-state index in [9.17, 15) is 14.0 Å². The van der Waals surface area contributed by atoms with Gasteiger partial charge >= 0.3 is 5.97 Å². The van der Waals surface area contributed by atoms with E-state index in [1.54, 1.807) is 0 Å². The molecule has 138 valence electrons. The van der Waals surface area contributed by atoms with Gasteiger partial charge in [-0.25, -0.2) is 4.39 Å². The van der Waals surface area contributed by atoms with Crippen LogP contribution in [0.4, 0.5) is 4.39 Å². The minimum atomic E-state index is -0.506. The smallest absolute Gasteiger partial charge is 0.310 e. The summed E-state index contributed by atoms with van der Waals surface area (Å²) in [6, 6.07) is 16.2. The third kappa shape index (κ3) is 5.54. The van der Waals surface area contributed by atoms with Crippen LogP contribution in [0, 0.1) is 5.82 Å². The van der Waals surface area contributed by atoms with E-state index < -0.39 is 5.97 Å². The van der Waals surface area contributed by atoms with Crippen molar-refractivity contribution in [3.8, 4) is 5.75 Å². The topological polar surface area (TPSA) is 65.7 Å². The van der Waals surface area contributed by atoms with Crippen LogP contribution in [0.15, 0.2) is 76.1 Å².